The van der Waals surface area contributed by atoms with Gasteiger partial charge in [0.15, 0.2) is 6.61 Å². The number of rotatable bonds is 5. The van der Waals surface area contributed by atoms with Crippen molar-refractivity contribution in [1.29, 1.82) is 0 Å². The number of nitrogens with two attached hydrogens (primary N) is 1. The standard InChI is InChI=1S/C13H16N2O3/c14-11-5-3-10(4-6-11)13(17)18-8-12(16)15-7-9-1-2-9/h3-6,9H,1-2,7-8,14H2,(H,15,16). The monoisotopic (exact) mass is 248 g/mol. The Kier molecular flexibility index (Phi) is 3.82. The van der Waals surface area contributed by atoms with E-state index in [0.717, 1.165) is 0 Å². The van der Waals surface area contributed by atoms with Crippen LogP contribution in [0.1, 0.15) is 23.2 Å². The van der Waals surface area contributed by atoms with Crippen LogP contribution in [0.4, 0.5) is 5.69 Å². The summed E-state index contributed by atoms with van der Waals surface area (Å²) in [7, 11) is 0. The maximum Gasteiger partial charge on any atom is 0.338 e. The van der Waals surface area contributed by atoms with Gasteiger partial charge in [-0.15, -0.1) is 0 Å². The molecule has 0 aromatic heterocycles. The fourth-order valence-electron chi connectivity index (χ4n) is 1.46. The first-order valence-electron chi connectivity index (χ1n) is 5.94. The van der Waals surface area contributed by atoms with Crippen LogP contribution in [0.3, 0.4) is 0 Å². The molecule has 5 heteroatoms. The second kappa shape index (κ2) is 5.53. The molecule has 96 valence electrons. The number of esters is 1. The van der Waals surface area contributed by atoms with E-state index < -0.39 is 5.97 Å². The van der Waals surface area contributed by atoms with E-state index in [1.807, 2.05) is 0 Å². The Morgan fingerprint density at radius 1 is 1.28 bits per heavy atom. The molecule has 0 aliphatic heterocycles. The molecule has 0 atom stereocenters. The molecule has 1 aliphatic rings. The summed E-state index contributed by atoms with van der Waals surface area (Å²) in [5.74, 6) is -0.163. The zero-order valence-corrected chi connectivity index (χ0v) is 10.0. The van der Waals surface area contributed by atoms with Crippen molar-refractivity contribution in [1.82, 2.24) is 5.32 Å². The topological polar surface area (TPSA) is 81.4 Å². The summed E-state index contributed by atoms with van der Waals surface area (Å²) in [6.45, 7) is 0.439. The van der Waals surface area contributed by atoms with E-state index in [9.17, 15) is 9.59 Å². The average molecular weight is 248 g/mol. The molecule has 1 aromatic rings. The number of ether oxygens (including phenoxy) is 1. The summed E-state index contributed by atoms with van der Waals surface area (Å²) in [4.78, 5) is 22.9. The van der Waals surface area contributed by atoms with E-state index in [1.54, 1.807) is 24.3 Å². The third kappa shape index (κ3) is 3.76. The molecule has 1 fully saturated rings. The summed E-state index contributed by atoms with van der Waals surface area (Å²) in [5.41, 5.74) is 6.47. The smallest absolute Gasteiger partial charge is 0.338 e. The Morgan fingerprint density at radius 3 is 2.56 bits per heavy atom. The third-order valence-electron chi connectivity index (χ3n) is 2.77. The Morgan fingerprint density at radius 2 is 1.94 bits per heavy atom. The number of carbonyl (C=O) groups excluding carboxylic acids is 2. The molecule has 0 unspecified atom stereocenters. The highest BCUT2D eigenvalue weighted by Gasteiger charge is 2.21. The largest absolute Gasteiger partial charge is 0.452 e. The maximum absolute atomic E-state index is 11.6. The van der Waals surface area contributed by atoms with Crippen molar-refractivity contribution in [3.63, 3.8) is 0 Å². The van der Waals surface area contributed by atoms with Gasteiger partial charge in [0.2, 0.25) is 0 Å². The van der Waals surface area contributed by atoms with Gasteiger partial charge in [-0.2, -0.15) is 0 Å². The van der Waals surface area contributed by atoms with Gasteiger partial charge in [-0.3, -0.25) is 4.79 Å². The van der Waals surface area contributed by atoms with Crippen molar-refractivity contribution in [3.8, 4) is 0 Å². The molecule has 0 saturated heterocycles. The summed E-state index contributed by atoms with van der Waals surface area (Å²) >= 11 is 0. The molecule has 18 heavy (non-hydrogen) atoms. The van der Waals surface area contributed by atoms with Crippen LogP contribution in [0.15, 0.2) is 24.3 Å². The van der Waals surface area contributed by atoms with Gasteiger partial charge in [0.05, 0.1) is 5.56 Å². The Balaban J connectivity index is 1.73. The molecule has 5 nitrogen and oxygen atoms in total. The lowest BCUT2D eigenvalue weighted by Crippen LogP contribution is -2.30. The van der Waals surface area contributed by atoms with Gasteiger partial charge in [-0.25, -0.2) is 4.79 Å². The van der Waals surface area contributed by atoms with Crippen LogP contribution in [0.25, 0.3) is 0 Å². The lowest BCUT2D eigenvalue weighted by atomic mass is 10.2. The number of nitrogens with one attached hydrogen (secondary N) is 1. The number of hydrogen-bond acceptors (Lipinski definition) is 4. The minimum Gasteiger partial charge on any atom is -0.452 e. The number of anilines is 1. The van der Waals surface area contributed by atoms with Crippen LogP contribution < -0.4 is 11.1 Å². The van der Waals surface area contributed by atoms with Gasteiger partial charge in [-0.05, 0) is 43.0 Å². The second-order valence-corrected chi connectivity index (χ2v) is 4.45. The van der Waals surface area contributed by atoms with Gasteiger partial charge >= 0.3 is 5.97 Å². The lowest BCUT2D eigenvalue weighted by molar-refractivity contribution is -0.124. The Hall–Kier alpha value is -2.04. The van der Waals surface area contributed by atoms with Crippen LogP contribution in [0.2, 0.25) is 0 Å². The molecule has 1 aromatic carbocycles. The van der Waals surface area contributed by atoms with Gasteiger partial charge < -0.3 is 15.8 Å². The highest BCUT2D eigenvalue weighted by molar-refractivity contribution is 5.91. The van der Waals surface area contributed by atoms with E-state index >= 15 is 0 Å². The highest BCUT2D eigenvalue weighted by Crippen LogP contribution is 2.27. The van der Waals surface area contributed by atoms with Gasteiger partial charge in [-0.1, -0.05) is 0 Å². The first-order chi connectivity index (χ1) is 8.65. The van der Waals surface area contributed by atoms with E-state index in [-0.39, 0.29) is 12.5 Å². The zero-order chi connectivity index (χ0) is 13.0. The number of carbonyl (C=O) groups is 2. The van der Waals surface area contributed by atoms with Gasteiger partial charge in [0, 0.05) is 12.2 Å². The van der Waals surface area contributed by atoms with E-state index in [4.69, 9.17) is 10.5 Å². The van der Waals surface area contributed by atoms with Gasteiger partial charge in [0.1, 0.15) is 0 Å². The van der Waals surface area contributed by atoms with Crippen molar-refractivity contribution >= 4 is 17.6 Å². The van der Waals surface area contributed by atoms with E-state index in [0.29, 0.717) is 23.7 Å². The molecule has 0 spiro atoms. The van der Waals surface area contributed by atoms with Crippen LogP contribution >= 0.6 is 0 Å². The third-order valence-corrected chi connectivity index (χ3v) is 2.77. The quantitative estimate of drug-likeness (QED) is 0.600. The summed E-state index contributed by atoms with van der Waals surface area (Å²) < 4.78 is 4.89. The number of benzene rings is 1. The summed E-state index contributed by atoms with van der Waals surface area (Å²) in [6, 6.07) is 6.37. The lowest BCUT2D eigenvalue weighted by Gasteiger charge is -2.06. The molecule has 0 radical (unpaired) electrons. The maximum atomic E-state index is 11.6. The van der Waals surface area contributed by atoms with Crippen molar-refractivity contribution in [2.45, 2.75) is 12.8 Å². The predicted octanol–water partition coefficient (Wildman–Crippen LogP) is 0.952. The molecular formula is C13H16N2O3. The molecule has 0 heterocycles. The van der Waals surface area contributed by atoms with E-state index in [1.165, 1.54) is 12.8 Å². The van der Waals surface area contributed by atoms with Crippen molar-refractivity contribution < 1.29 is 14.3 Å². The highest BCUT2D eigenvalue weighted by atomic mass is 16.5. The number of nitrogen functional groups attached to an aromatic ring is 1. The SMILES string of the molecule is Nc1ccc(C(=O)OCC(=O)NCC2CC2)cc1. The average Bonchev–Trinajstić information content (AvgIpc) is 3.18. The van der Waals surface area contributed by atoms with Crippen molar-refractivity contribution in [3.05, 3.63) is 29.8 Å². The molecular weight excluding hydrogens is 232 g/mol. The predicted molar refractivity (Wildman–Crippen MR) is 66.9 cm³/mol. The fourth-order valence-corrected chi connectivity index (χ4v) is 1.46. The zero-order valence-electron chi connectivity index (χ0n) is 10.0. The molecule has 3 N–H and O–H groups in total. The van der Waals surface area contributed by atoms with Crippen LogP contribution in [-0.4, -0.2) is 25.0 Å². The molecule has 1 saturated carbocycles. The molecule has 1 amide bonds. The molecule has 2 rings (SSSR count). The normalized spacial score (nSPS) is 14.0. The Bertz CT molecular complexity index is 438. The van der Waals surface area contributed by atoms with E-state index in [2.05, 4.69) is 5.32 Å². The fraction of sp³-hybridized carbons (Fsp3) is 0.385. The summed E-state index contributed by atoms with van der Waals surface area (Å²) in [6.07, 6.45) is 2.34. The second-order valence-electron chi connectivity index (χ2n) is 4.45. The molecule has 1 aliphatic carbocycles. The minimum atomic E-state index is -0.517. The van der Waals surface area contributed by atoms with Crippen LogP contribution in [0, 0.1) is 5.92 Å². The number of amides is 1. The van der Waals surface area contributed by atoms with Crippen molar-refractivity contribution in [2.75, 3.05) is 18.9 Å². The summed E-state index contributed by atoms with van der Waals surface area (Å²) in [5, 5.41) is 2.72. The van der Waals surface area contributed by atoms with Crippen molar-refractivity contribution in [2.24, 2.45) is 5.92 Å². The first kappa shape index (κ1) is 12.4. The molecule has 0 bridgehead atoms. The van der Waals surface area contributed by atoms with Crippen LogP contribution in [-0.2, 0) is 9.53 Å². The first-order valence-corrected chi connectivity index (χ1v) is 5.94. The number of hydrogen-bond donors (Lipinski definition) is 2. The van der Waals surface area contributed by atoms with Crippen LogP contribution in [0.5, 0.6) is 0 Å². The minimum absolute atomic E-state index is 0.240. The van der Waals surface area contributed by atoms with Gasteiger partial charge in [0.25, 0.3) is 5.91 Å². The Labute approximate surface area is 105 Å².